The summed E-state index contributed by atoms with van der Waals surface area (Å²) in [5.74, 6) is 0.872. The van der Waals surface area contributed by atoms with Gasteiger partial charge in [0.05, 0.1) is 7.11 Å². The van der Waals surface area contributed by atoms with Crippen LogP contribution >= 0.6 is 0 Å². The normalized spacial score (nSPS) is 10.3. The molecule has 2 N–H and O–H groups in total. The molecule has 22 heavy (non-hydrogen) atoms. The quantitative estimate of drug-likeness (QED) is 0.616. The van der Waals surface area contributed by atoms with E-state index in [2.05, 4.69) is 66.8 Å². The summed E-state index contributed by atoms with van der Waals surface area (Å²) in [6.07, 6.45) is 0. The number of rotatable bonds is 2. The molecule has 0 aliphatic rings. The van der Waals surface area contributed by atoms with Gasteiger partial charge in [-0.15, -0.1) is 0 Å². The number of methoxy groups -OCH3 is 1. The molecule has 3 aromatic rings. The average Bonchev–Trinajstić information content (AvgIpc) is 2.80. The van der Waals surface area contributed by atoms with E-state index in [1.807, 2.05) is 24.3 Å². The van der Waals surface area contributed by atoms with Crippen LogP contribution in [0.3, 0.4) is 0 Å². The summed E-state index contributed by atoms with van der Waals surface area (Å²) in [5.41, 5.74) is 9.09. The Kier molecular flexibility index (Phi) is 5.75. The third-order valence-corrected chi connectivity index (χ3v) is 5.04. The number of imidazole rings is 1. The van der Waals surface area contributed by atoms with Crippen LogP contribution in [0.1, 0.15) is 5.56 Å². The molecule has 0 aliphatic carbocycles. The Bertz CT molecular complexity index is 738. The van der Waals surface area contributed by atoms with Crippen molar-refractivity contribution in [1.82, 2.24) is 9.13 Å². The molecule has 2 aromatic carbocycles. The maximum absolute atomic E-state index is 5.40. The molecule has 0 saturated carbocycles. The first kappa shape index (κ1) is 16.7. The Labute approximate surface area is 141 Å². The number of aromatic nitrogens is 2. The number of ether oxygens (including phenoxy) is 1. The molecule has 0 saturated heterocycles. The van der Waals surface area contributed by atoms with E-state index in [4.69, 9.17) is 10.5 Å². The second-order valence-electron chi connectivity index (χ2n) is 4.90. The number of benzene rings is 2. The van der Waals surface area contributed by atoms with Crippen LogP contribution in [0.15, 0.2) is 48.5 Å². The third kappa shape index (κ3) is 3.57. The van der Waals surface area contributed by atoms with Crippen LogP contribution in [0.2, 0.25) is 0 Å². The second kappa shape index (κ2) is 7.57. The fourth-order valence-electron chi connectivity index (χ4n) is 2.20. The molecular weight excluding hydrogens is 457 g/mol. The van der Waals surface area contributed by atoms with Crippen LogP contribution < -0.4 is 10.5 Å². The predicted octanol–water partition coefficient (Wildman–Crippen LogP) is 2.75. The zero-order valence-corrected chi connectivity index (χ0v) is 15.3. The van der Waals surface area contributed by atoms with E-state index < -0.39 is 0 Å². The zero-order chi connectivity index (χ0) is 16.1. The number of para-hydroxylation sites is 2. The number of nitrogens with two attached hydrogens (primary N) is 1. The number of nitrogens with zero attached hydrogens (tertiary/aromatic N) is 2. The molecule has 0 atom stereocenters. The zero-order valence-electron chi connectivity index (χ0n) is 13.0. The first-order valence-electron chi connectivity index (χ1n) is 6.97. The molecule has 120 valence electrons. The van der Waals surface area contributed by atoms with Gasteiger partial charge in [0.1, 0.15) is 5.75 Å². The Morgan fingerprint density at radius 1 is 0.955 bits per heavy atom. The van der Waals surface area contributed by atoms with Gasteiger partial charge in [0, 0.05) is 6.54 Å². The molecule has 0 amide bonds. The van der Waals surface area contributed by atoms with E-state index >= 15 is 0 Å². The fraction of sp³-hybridized carbons (Fsp3) is 0.235. The minimum atomic E-state index is 0.587. The molecule has 3 rings (SSSR count). The third-order valence-electron chi connectivity index (χ3n) is 3.51. The Balaban J connectivity index is 0.000000164. The molecule has 0 unspecified atom stereocenters. The summed E-state index contributed by atoms with van der Waals surface area (Å²) in [6, 6.07) is 16.1. The molecule has 1 heterocycles. The molecule has 0 spiro atoms. The van der Waals surface area contributed by atoms with Gasteiger partial charge in [0.2, 0.25) is 0 Å². The van der Waals surface area contributed by atoms with Crippen molar-refractivity contribution in [3.05, 3.63) is 57.9 Å². The van der Waals surface area contributed by atoms with Crippen LogP contribution in [0.25, 0.3) is 11.0 Å². The number of fused-ring (bicyclic) bond motifs is 1. The predicted molar refractivity (Wildman–Crippen MR) is 86.0 cm³/mol. The van der Waals surface area contributed by atoms with E-state index in [0.717, 1.165) is 11.3 Å². The van der Waals surface area contributed by atoms with Crippen molar-refractivity contribution < 1.29 is 24.1 Å². The van der Waals surface area contributed by atoms with Gasteiger partial charge < -0.3 is 10.5 Å². The Morgan fingerprint density at radius 3 is 1.86 bits per heavy atom. The maximum atomic E-state index is 5.40. The molecule has 0 aliphatic heterocycles. The van der Waals surface area contributed by atoms with Gasteiger partial charge in [-0.25, -0.2) is 0 Å². The van der Waals surface area contributed by atoms with Crippen LogP contribution in [0, 0.1) is 3.80 Å². The summed E-state index contributed by atoms with van der Waals surface area (Å²) in [5, 5.41) is 0. The summed E-state index contributed by atoms with van der Waals surface area (Å²) in [4.78, 5) is 0. The number of aryl methyl sites for hydroxylation is 2. The molecular formula is C17H21N3OPt. The van der Waals surface area contributed by atoms with Crippen molar-refractivity contribution >= 4 is 11.0 Å². The fourth-order valence-corrected chi connectivity index (χ4v) is 2.75. The van der Waals surface area contributed by atoms with Gasteiger partial charge in [-0.3, -0.25) is 0 Å². The van der Waals surface area contributed by atoms with Crippen molar-refractivity contribution in [2.75, 3.05) is 7.11 Å². The summed E-state index contributed by atoms with van der Waals surface area (Å²) in [7, 11) is 5.83. The van der Waals surface area contributed by atoms with E-state index in [-0.39, 0.29) is 0 Å². The van der Waals surface area contributed by atoms with Gasteiger partial charge in [0.15, 0.2) is 0 Å². The molecule has 0 bridgehead atoms. The summed E-state index contributed by atoms with van der Waals surface area (Å²) in [6.45, 7) is 0.587. The van der Waals surface area contributed by atoms with Gasteiger partial charge in [-0.05, 0) is 17.7 Å². The van der Waals surface area contributed by atoms with Gasteiger partial charge in [-0.1, -0.05) is 12.1 Å². The first-order valence-corrected chi connectivity index (χ1v) is 8.11. The van der Waals surface area contributed by atoms with E-state index in [9.17, 15) is 0 Å². The Morgan fingerprint density at radius 2 is 1.45 bits per heavy atom. The Hall–Kier alpha value is -1.64. The number of hydrogen-bond acceptors (Lipinski definition) is 2. The van der Waals surface area contributed by atoms with Crippen molar-refractivity contribution in [3.8, 4) is 5.75 Å². The van der Waals surface area contributed by atoms with Crippen LogP contribution in [0.4, 0.5) is 0 Å². The van der Waals surface area contributed by atoms with Crippen molar-refractivity contribution in [2.45, 2.75) is 6.54 Å². The average molecular weight is 478 g/mol. The SMILES string of the molecule is COc1ccc(CN)cc1.Cn1[c](=[Pt])n(C)c2ccccc21. The number of hydrogen-bond donors (Lipinski definition) is 1. The molecule has 0 fully saturated rings. The minimum absolute atomic E-state index is 0.587. The second-order valence-corrected chi connectivity index (χ2v) is 5.92. The van der Waals surface area contributed by atoms with E-state index in [1.165, 1.54) is 14.8 Å². The van der Waals surface area contributed by atoms with Gasteiger partial charge in [0.25, 0.3) is 0 Å². The monoisotopic (exact) mass is 478 g/mol. The molecule has 0 radical (unpaired) electrons. The van der Waals surface area contributed by atoms with E-state index in [0.29, 0.717) is 6.54 Å². The summed E-state index contributed by atoms with van der Waals surface area (Å²) < 4.78 is 10.6. The van der Waals surface area contributed by atoms with Gasteiger partial charge >= 0.3 is 81.7 Å². The topological polar surface area (TPSA) is 45.1 Å². The van der Waals surface area contributed by atoms with Crippen LogP contribution in [-0.4, -0.2) is 16.2 Å². The summed E-state index contributed by atoms with van der Waals surface area (Å²) >= 11 is 2.33. The standard InChI is InChI=1S/C9H10N2.C8H11NO.Pt/c1-10-7-11(2)9-6-4-3-5-8(9)10;1-10-8-4-2-7(6-9)3-5-8;/h3-6H,1-2H3;2-5H,6,9H2,1H3;. The van der Waals surface area contributed by atoms with Crippen molar-refractivity contribution in [1.29, 1.82) is 0 Å². The van der Waals surface area contributed by atoms with Gasteiger partial charge in [-0.2, -0.15) is 0 Å². The van der Waals surface area contributed by atoms with Crippen LogP contribution in [-0.2, 0) is 40.0 Å². The van der Waals surface area contributed by atoms with Crippen molar-refractivity contribution in [2.24, 2.45) is 19.8 Å². The van der Waals surface area contributed by atoms with E-state index in [1.54, 1.807) is 7.11 Å². The molecule has 1 aromatic heterocycles. The first-order chi connectivity index (χ1) is 10.6. The van der Waals surface area contributed by atoms with Crippen molar-refractivity contribution in [3.63, 3.8) is 0 Å². The molecule has 4 nitrogen and oxygen atoms in total. The molecule has 5 heteroatoms. The van der Waals surface area contributed by atoms with Crippen LogP contribution in [0.5, 0.6) is 5.75 Å².